The van der Waals surface area contributed by atoms with Crippen molar-refractivity contribution >= 4 is 21.6 Å². The molecule has 2 heterocycles. The van der Waals surface area contributed by atoms with Crippen LogP contribution in [0.1, 0.15) is 6.42 Å². The van der Waals surface area contributed by atoms with Crippen LogP contribution in [0.25, 0.3) is 5.82 Å². The van der Waals surface area contributed by atoms with Crippen molar-refractivity contribution in [2.45, 2.75) is 6.42 Å². The number of rotatable bonds is 6. The van der Waals surface area contributed by atoms with Crippen molar-refractivity contribution in [1.82, 2.24) is 14.8 Å². The molecule has 2 aromatic heterocycles. The molecule has 116 valence electrons. The Balaban J connectivity index is 1.98. The molecule has 2 rings (SSSR count). The summed E-state index contributed by atoms with van der Waals surface area (Å²) in [5.74, 6) is -0.637. The number of amides is 1. The van der Waals surface area contributed by atoms with Crippen molar-refractivity contribution in [2.24, 2.45) is 0 Å². The average molecular weight is 324 g/mol. The second-order valence-electron chi connectivity index (χ2n) is 4.31. The van der Waals surface area contributed by atoms with Crippen molar-refractivity contribution in [3.05, 3.63) is 48.4 Å². The van der Waals surface area contributed by atoms with E-state index in [1.807, 2.05) is 0 Å². The summed E-state index contributed by atoms with van der Waals surface area (Å²) in [6.07, 6.45) is 2.39. The molecule has 0 atom stereocenters. The minimum absolute atomic E-state index is 0.198. The van der Waals surface area contributed by atoms with Gasteiger partial charge in [0.15, 0.2) is 21.5 Å². The largest absolute Gasteiger partial charge is 0.309 e. The number of hydrogen-bond acceptors (Lipinski definition) is 5. The average Bonchev–Trinajstić information content (AvgIpc) is 2.94. The third kappa shape index (κ3) is 4.22. The lowest BCUT2D eigenvalue weighted by atomic mass is 10.4. The molecule has 0 aliphatic rings. The van der Waals surface area contributed by atoms with Crippen LogP contribution in [-0.4, -0.2) is 34.8 Å². The molecule has 2 aromatic rings. The summed E-state index contributed by atoms with van der Waals surface area (Å²) < 4.78 is 36.6. The minimum Gasteiger partial charge on any atom is -0.309 e. The van der Waals surface area contributed by atoms with E-state index in [0.29, 0.717) is 5.82 Å². The third-order valence-electron chi connectivity index (χ3n) is 2.67. The summed E-state index contributed by atoms with van der Waals surface area (Å²) in [7, 11) is -3.42. The summed E-state index contributed by atoms with van der Waals surface area (Å²) in [5, 5.41) is 7.33. The Labute approximate surface area is 126 Å². The van der Waals surface area contributed by atoms with Gasteiger partial charge in [0.05, 0.1) is 11.9 Å². The molecular weight excluding hydrogens is 311 g/mol. The van der Waals surface area contributed by atoms with E-state index < -0.39 is 21.6 Å². The second-order valence-corrected chi connectivity index (χ2v) is 6.38. The van der Waals surface area contributed by atoms with E-state index >= 15 is 0 Å². The van der Waals surface area contributed by atoms with E-state index in [1.165, 1.54) is 29.1 Å². The predicted molar refractivity (Wildman–Crippen MR) is 78.5 cm³/mol. The normalized spacial score (nSPS) is 11.1. The Morgan fingerprint density at radius 2 is 2.18 bits per heavy atom. The highest BCUT2D eigenvalue weighted by Gasteiger charge is 2.11. The maximum atomic E-state index is 12.8. The number of nitrogens with one attached hydrogen (secondary N) is 1. The Hall–Kier alpha value is -2.55. The maximum absolute atomic E-state index is 12.8. The molecule has 0 aromatic carbocycles. The summed E-state index contributed by atoms with van der Waals surface area (Å²) in [6, 6.07) is 4.19. The Kier molecular flexibility index (Phi) is 4.66. The first-order valence-corrected chi connectivity index (χ1v) is 7.94. The highest BCUT2D eigenvalue weighted by atomic mass is 32.2. The van der Waals surface area contributed by atoms with Gasteiger partial charge in [0.2, 0.25) is 5.91 Å². The van der Waals surface area contributed by atoms with E-state index in [0.717, 1.165) is 11.6 Å². The lowest BCUT2D eigenvalue weighted by molar-refractivity contribution is -0.115. The number of halogens is 1. The first kappa shape index (κ1) is 15.8. The van der Waals surface area contributed by atoms with Gasteiger partial charge in [-0.1, -0.05) is 6.58 Å². The smallest absolute Gasteiger partial charge is 0.226 e. The van der Waals surface area contributed by atoms with E-state index in [1.54, 1.807) is 0 Å². The summed E-state index contributed by atoms with van der Waals surface area (Å²) >= 11 is 0. The number of carbonyl (C=O) groups is 1. The molecular formula is C13H13FN4O3S. The van der Waals surface area contributed by atoms with Crippen molar-refractivity contribution in [2.75, 3.05) is 11.1 Å². The summed E-state index contributed by atoms with van der Waals surface area (Å²) in [6.45, 7) is 3.17. The van der Waals surface area contributed by atoms with Crippen LogP contribution in [0, 0.1) is 5.82 Å². The number of sulfone groups is 1. The molecule has 1 N–H and O–H groups in total. The van der Waals surface area contributed by atoms with Crippen LogP contribution < -0.4 is 5.32 Å². The zero-order valence-corrected chi connectivity index (χ0v) is 12.3. The molecule has 0 saturated carbocycles. The van der Waals surface area contributed by atoms with Crippen molar-refractivity contribution < 1.29 is 17.6 Å². The summed E-state index contributed by atoms with van der Waals surface area (Å²) in [4.78, 5) is 15.5. The van der Waals surface area contributed by atoms with Crippen LogP contribution in [-0.2, 0) is 14.6 Å². The quantitative estimate of drug-likeness (QED) is 0.864. The molecule has 0 saturated heterocycles. The molecule has 0 radical (unpaired) electrons. The molecule has 1 amide bonds. The predicted octanol–water partition coefficient (Wildman–Crippen LogP) is 1.29. The van der Waals surface area contributed by atoms with Crippen LogP contribution in [0.5, 0.6) is 0 Å². The maximum Gasteiger partial charge on any atom is 0.226 e. The van der Waals surface area contributed by atoms with Gasteiger partial charge in [-0.15, -0.1) is 5.10 Å². The highest BCUT2D eigenvalue weighted by molar-refractivity contribution is 7.94. The molecule has 0 spiro atoms. The Morgan fingerprint density at radius 1 is 1.41 bits per heavy atom. The minimum atomic E-state index is -3.42. The first-order chi connectivity index (χ1) is 10.4. The van der Waals surface area contributed by atoms with E-state index in [4.69, 9.17) is 0 Å². The number of hydrogen-bond donors (Lipinski definition) is 1. The van der Waals surface area contributed by atoms with E-state index in [2.05, 4.69) is 22.0 Å². The van der Waals surface area contributed by atoms with E-state index in [9.17, 15) is 17.6 Å². The highest BCUT2D eigenvalue weighted by Crippen LogP contribution is 2.09. The van der Waals surface area contributed by atoms with E-state index in [-0.39, 0.29) is 18.0 Å². The summed E-state index contributed by atoms with van der Waals surface area (Å²) in [5.41, 5.74) is 0. The standard InChI is InChI=1S/C13H13FN4O3S/c1-2-22(20,21)8-6-13(19)16-11-5-7-18(17-11)12-4-3-10(14)9-15-12/h2-5,7,9H,1,6,8H2,(H,16,17,19). The van der Waals surface area contributed by atoms with Crippen LogP contribution in [0.15, 0.2) is 42.6 Å². The van der Waals surface area contributed by atoms with Crippen LogP contribution in [0.4, 0.5) is 10.2 Å². The van der Waals surface area contributed by atoms with Gasteiger partial charge in [0.25, 0.3) is 0 Å². The Bertz CT molecular complexity index is 784. The number of aromatic nitrogens is 3. The molecule has 0 fully saturated rings. The van der Waals surface area contributed by atoms with Gasteiger partial charge in [-0.2, -0.15) is 0 Å². The number of pyridine rings is 1. The van der Waals surface area contributed by atoms with Crippen molar-refractivity contribution in [3.8, 4) is 5.82 Å². The van der Waals surface area contributed by atoms with Gasteiger partial charge in [0, 0.05) is 24.1 Å². The van der Waals surface area contributed by atoms with Crippen molar-refractivity contribution in [1.29, 1.82) is 0 Å². The van der Waals surface area contributed by atoms with Gasteiger partial charge in [-0.25, -0.2) is 22.5 Å². The molecule has 7 nitrogen and oxygen atoms in total. The molecule has 0 unspecified atom stereocenters. The van der Waals surface area contributed by atoms with Crippen molar-refractivity contribution in [3.63, 3.8) is 0 Å². The zero-order valence-electron chi connectivity index (χ0n) is 11.4. The topological polar surface area (TPSA) is 94.0 Å². The van der Waals surface area contributed by atoms with Gasteiger partial charge >= 0.3 is 0 Å². The molecule has 0 aliphatic carbocycles. The fraction of sp³-hybridized carbons (Fsp3) is 0.154. The van der Waals surface area contributed by atoms with Gasteiger partial charge in [-0.05, 0) is 12.1 Å². The molecule has 0 aliphatic heterocycles. The SMILES string of the molecule is C=CS(=O)(=O)CCC(=O)Nc1ccn(-c2ccc(F)cn2)n1. The zero-order chi connectivity index (χ0) is 16.2. The fourth-order valence-corrected chi connectivity index (χ4v) is 2.18. The molecule has 0 bridgehead atoms. The fourth-order valence-electron chi connectivity index (χ4n) is 1.55. The monoisotopic (exact) mass is 324 g/mol. The first-order valence-electron chi connectivity index (χ1n) is 6.22. The van der Waals surface area contributed by atoms with Crippen LogP contribution >= 0.6 is 0 Å². The number of anilines is 1. The number of carbonyl (C=O) groups excluding carboxylic acids is 1. The molecule has 22 heavy (non-hydrogen) atoms. The lowest BCUT2D eigenvalue weighted by Crippen LogP contribution is -2.16. The van der Waals surface area contributed by atoms with Gasteiger partial charge < -0.3 is 5.32 Å². The Morgan fingerprint density at radius 3 is 2.82 bits per heavy atom. The van der Waals surface area contributed by atoms with Gasteiger partial charge in [0.1, 0.15) is 5.82 Å². The van der Waals surface area contributed by atoms with Gasteiger partial charge in [-0.3, -0.25) is 4.79 Å². The van der Waals surface area contributed by atoms with Crippen LogP contribution in [0.2, 0.25) is 0 Å². The molecule has 9 heteroatoms. The lowest BCUT2D eigenvalue weighted by Gasteiger charge is -2.02. The van der Waals surface area contributed by atoms with Crippen LogP contribution in [0.3, 0.4) is 0 Å². The second kappa shape index (κ2) is 6.48. The third-order valence-corrected chi connectivity index (χ3v) is 3.95. The number of nitrogens with zero attached hydrogens (tertiary/aromatic N) is 3.